The molecule has 6 nitrogen and oxygen atoms in total. The van der Waals surface area contributed by atoms with Crippen molar-refractivity contribution in [3.63, 3.8) is 0 Å². The summed E-state index contributed by atoms with van der Waals surface area (Å²) in [6.07, 6.45) is 1.48. The van der Waals surface area contributed by atoms with Crippen molar-refractivity contribution < 1.29 is 9.53 Å². The number of anilines is 1. The van der Waals surface area contributed by atoms with E-state index in [-0.39, 0.29) is 6.09 Å². The topological polar surface area (TPSA) is 66.8 Å². The van der Waals surface area contributed by atoms with E-state index in [4.69, 9.17) is 4.74 Å². The van der Waals surface area contributed by atoms with E-state index in [1.165, 1.54) is 11.3 Å². The molecule has 0 spiro atoms. The van der Waals surface area contributed by atoms with Gasteiger partial charge in [0.2, 0.25) is 5.13 Å². The lowest BCUT2D eigenvalue weighted by atomic mass is 10.0. The van der Waals surface area contributed by atoms with E-state index >= 15 is 0 Å². The van der Waals surface area contributed by atoms with E-state index in [2.05, 4.69) is 15.5 Å². The quantitative estimate of drug-likeness (QED) is 0.661. The number of carbonyl (C=O) groups is 1. The molecule has 2 aromatic rings. The molecule has 0 atom stereocenters. The Balaban J connectivity index is 1.70. The molecular formula is C18H22N4O2S. The van der Waals surface area contributed by atoms with Gasteiger partial charge in [-0.25, -0.2) is 9.78 Å². The first-order valence-electron chi connectivity index (χ1n) is 8.12. The van der Waals surface area contributed by atoms with Gasteiger partial charge >= 0.3 is 6.09 Å². The fraction of sp³-hybridized carbons (Fsp3) is 0.389. The fourth-order valence-corrected chi connectivity index (χ4v) is 3.22. The number of hydrazone groups is 1. The maximum Gasteiger partial charge on any atom is 0.410 e. The van der Waals surface area contributed by atoms with Gasteiger partial charge in [0.25, 0.3) is 0 Å². The van der Waals surface area contributed by atoms with Crippen molar-refractivity contribution in [2.45, 2.75) is 46.4 Å². The van der Waals surface area contributed by atoms with Crippen LogP contribution in [-0.2, 0) is 17.8 Å². The summed E-state index contributed by atoms with van der Waals surface area (Å²) in [5, 5.41) is 7.00. The van der Waals surface area contributed by atoms with E-state index < -0.39 is 5.60 Å². The first-order valence-corrected chi connectivity index (χ1v) is 9.00. The minimum Gasteiger partial charge on any atom is -0.444 e. The van der Waals surface area contributed by atoms with Gasteiger partial charge in [-0.3, -0.25) is 10.3 Å². The van der Waals surface area contributed by atoms with Crippen LogP contribution in [0, 0.1) is 6.92 Å². The number of nitrogens with zero attached hydrogens (tertiary/aromatic N) is 3. The summed E-state index contributed by atoms with van der Waals surface area (Å²) in [7, 11) is 0. The number of benzene rings is 1. The van der Waals surface area contributed by atoms with E-state index in [0.29, 0.717) is 13.1 Å². The third-order valence-corrected chi connectivity index (χ3v) is 4.52. The van der Waals surface area contributed by atoms with Crippen LogP contribution in [0.2, 0.25) is 0 Å². The number of thiazole rings is 1. The maximum atomic E-state index is 12.3. The Morgan fingerprint density at radius 3 is 2.88 bits per heavy atom. The highest BCUT2D eigenvalue weighted by Gasteiger charge is 2.28. The molecular weight excluding hydrogens is 336 g/mol. The predicted octanol–water partition coefficient (Wildman–Crippen LogP) is 4.15. The van der Waals surface area contributed by atoms with Crippen LogP contribution in [0.15, 0.2) is 28.7 Å². The number of ether oxygens (including phenoxy) is 1. The third-order valence-electron chi connectivity index (χ3n) is 3.65. The minimum absolute atomic E-state index is 0.289. The highest BCUT2D eigenvalue weighted by Crippen LogP contribution is 2.27. The van der Waals surface area contributed by atoms with Crippen molar-refractivity contribution in [1.29, 1.82) is 0 Å². The van der Waals surface area contributed by atoms with Gasteiger partial charge in [-0.2, -0.15) is 5.10 Å². The molecule has 0 bridgehead atoms. The average molecular weight is 358 g/mol. The van der Waals surface area contributed by atoms with Crippen LogP contribution >= 0.6 is 11.3 Å². The van der Waals surface area contributed by atoms with Gasteiger partial charge in [0.05, 0.1) is 18.5 Å². The molecule has 1 aromatic carbocycles. The number of fused-ring (bicyclic) bond motifs is 1. The Labute approximate surface area is 151 Å². The Morgan fingerprint density at radius 2 is 2.20 bits per heavy atom. The van der Waals surface area contributed by atoms with Gasteiger partial charge in [-0.05, 0) is 44.4 Å². The van der Waals surface area contributed by atoms with Crippen molar-refractivity contribution >= 4 is 28.8 Å². The lowest BCUT2D eigenvalue weighted by Crippen LogP contribution is -2.33. The summed E-state index contributed by atoms with van der Waals surface area (Å²) in [4.78, 5) is 18.3. The molecule has 132 valence electrons. The summed E-state index contributed by atoms with van der Waals surface area (Å²) in [6.45, 7) is 8.66. The van der Waals surface area contributed by atoms with Crippen molar-refractivity contribution in [2.24, 2.45) is 5.10 Å². The van der Waals surface area contributed by atoms with Crippen LogP contribution in [-0.4, -0.2) is 27.8 Å². The molecule has 0 saturated heterocycles. The maximum absolute atomic E-state index is 12.3. The van der Waals surface area contributed by atoms with Crippen LogP contribution in [0.3, 0.4) is 0 Å². The van der Waals surface area contributed by atoms with E-state index in [1.54, 1.807) is 11.1 Å². The summed E-state index contributed by atoms with van der Waals surface area (Å²) < 4.78 is 5.47. The van der Waals surface area contributed by atoms with Gasteiger partial charge < -0.3 is 4.74 Å². The Kier molecular flexibility index (Phi) is 4.76. The molecule has 1 aliphatic heterocycles. The van der Waals surface area contributed by atoms with Gasteiger partial charge in [0.15, 0.2) is 0 Å². The molecule has 25 heavy (non-hydrogen) atoms. The SMILES string of the molecule is Cc1csc(NN=Cc2cccc3c2CN(C(=O)OC(C)(C)C)C3)n1. The van der Waals surface area contributed by atoms with Crippen molar-refractivity contribution in [3.8, 4) is 0 Å². The van der Waals surface area contributed by atoms with Crippen molar-refractivity contribution in [1.82, 2.24) is 9.88 Å². The number of aromatic nitrogens is 1. The Morgan fingerprint density at radius 1 is 1.40 bits per heavy atom. The number of hydrogen-bond donors (Lipinski definition) is 1. The number of amides is 1. The monoisotopic (exact) mass is 358 g/mol. The molecule has 0 aliphatic carbocycles. The number of hydrogen-bond acceptors (Lipinski definition) is 6. The first kappa shape index (κ1) is 17.4. The standard InChI is InChI=1S/C18H22N4O2S/c1-12-11-25-16(20-12)21-19-8-13-6-5-7-14-9-22(10-15(13)14)17(23)24-18(2,3)4/h5-8,11H,9-10H2,1-4H3,(H,20,21). The summed E-state index contributed by atoms with van der Waals surface area (Å²) in [6, 6.07) is 6.01. The first-order chi connectivity index (χ1) is 11.8. The molecule has 0 saturated carbocycles. The van der Waals surface area contributed by atoms with Gasteiger partial charge in [-0.1, -0.05) is 18.2 Å². The van der Waals surface area contributed by atoms with Crippen molar-refractivity contribution in [3.05, 3.63) is 46.0 Å². The highest BCUT2D eigenvalue weighted by atomic mass is 32.1. The Bertz CT molecular complexity index is 808. The van der Waals surface area contributed by atoms with E-state index in [1.807, 2.05) is 51.3 Å². The fourth-order valence-electron chi connectivity index (χ4n) is 2.59. The molecule has 0 fully saturated rings. The highest BCUT2D eigenvalue weighted by molar-refractivity contribution is 7.13. The zero-order chi connectivity index (χ0) is 18.0. The lowest BCUT2D eigenvalue weighted by molar-refractivity contribution is 0.0242. The second kappa shape index (κ2) is 6.84. The normalized spacial score (nSPS) is 14.0. The van der Waals surface area contributed by atoms with Crippen molar-refractivity contribution in [2.75, 3.05) is 5.43 Å². The summed E-state index contributed by atoms with van der Waals surface area (Å²) >= 11 is 1.51. The molecule has 1 N–H and O–H groups in total. The molecule has 0 unspecified atom stereocenters. The number of nitrogens with one attached hydrogen (secondary N) is 1. The summed E-state index contributed by atoms with van der Waals surface area (Å²) in [5.74, 6) is 0. The third kappa shape index (κ3) is 4.36. The number of rotatable bonds is 3. The van der Waals surface area contributed by atoms with Crippen LogP contribution < -0.4 is 5.43 Å². The number of carbonyl (C=O) groups excluding carboxylic acids is 1. The van der Waals surface area contributed by atoms with Gasteiger partial charge in [-0.15, -0.1) is 11.3 Å². The van der Waals surface area contributed by atoms with E-state index in [9.17, 15) is 4.79 Å². The zero-order valence-corrected chi connectivity index (χ0v) is 15.7. The molecule has 7 heteroatoms. The number of aryl methyl sites for hydroxylation is 1. The van der Waals surface area contributed by atoms with Gasteiger partial charge in [0, 0.05) is 11.9 Å². The van der Waals surface area contributed by atoms with Gasteiger partial charge in [0.1, 0.15) is 5.60 Å². The summed E-state index contributed by atoms with van der Waals surface area (Å²) in [5.41, 5.74) is 6.64. The Hall–Kier alpha value is -2.41. The molecule has 2 heterocycles. The predicted molar refractivity (Wildman–Crippen MR) is 100.0 cm³/mol. The van der Waals surface area contributed by atoms with Crippen LogP contribution in [0.4, 0.5) is 9.93 Å². The largest absolute Gasteiger partial charge is 0.444 e. The lowest BCUT2D eigenvalue weighted by Gasteiger charge is -2.24. The molecule has 1 amide bonds. The van der Waals surface area contributed by atoms with Crippen LogP contribution in [0.25, 0.3) is 0 Å². The molecule has 0 radical (unpaired) electrons. The van der Waals surface area contributed by atoms with E-state index in [0.717, 1.165) is 27.5 Å². The zero-order valence-electron chi connectivity index (χ0n) is 14.9. The second-order valence-corrected chi connectivity index (χ2v) is 7.84. The second-order valence-electron chi connectivity index (χ2n) is 6.99. The average Bonchev–Trinajstić information content (AvgIpc) is 3.12. The van der Waals surface area contributed by atoms with Crippen LogP contribution in [0.5, 0.6) is 0 Å². The minimum atomic E-state index is -0.494. The molecule has 1 aliphatic rings. The molecule has 1 aromatic heterocycles. The smallest absolute Gasteiger partial charge is 0.410 e. The van der Waals surface area contributed by atoms with Crippen LogP contribution in [0.1, 0.15) is 43.2 Å². The molecule has 3 rings (SSSR count).